The van der Waals surface area contributed by atoms with E-state index in [-0.39, 0.29) is 5.41 Å². The highest BCUT2D eigenvalue weighted by atomic mass is 16.5. The van der Waals surface area contributed by atoms with E-state index in [9.17, 15) is 4.79 Å². The Morgan fingerprint density at radius 2 is 2.03 bits per heavy atom. The van der Waals surface area contributed by atoms with Gasteiger partial charge in [0.05, 0.1) is 5.41 Å². The van der Waals surface area contributed by atoms with Crippen molar-refractivity contribution in [1.29, 1.82) is 0 Å². The number of carbonyl (C=O) groups excluding carboxylic acids is 1. The lowest BCUT2D eigenvalue weighted by Crippen LogP contribution is -2.28. The van der Waals surface area contributed by atoms with Crippen molar-refractivity contribution >= 4 is 29.5 Å². The van der Waals surface area contributed by atoms with E-state index in [0.717, 1.165) is 56.0 Å². The van der Waals surface area contributed by atoms with Crippen molar-refractivity contribution in [1.82, 2.24) is 0 Å². The van der Waals surface area contributed by atoms with Crippen LogP contribution in [0.1, 0.15) is 68.7 Å². The smallest absolute Gasteiger partial charge is 0.335 e. The van der Waals surface area contributed by atoms with Crippen LogP contribution in [-0.4, -0.2) is 22.8 Å². The zero-order valence-corrected chi connectivity index (χ0v) is 22.5. The number of aryl methyl sites for hydroxylation is 1. The standard InChI is InChI=1S/C34H34NO3/c1-5-31(36)37-26-17-14-24-20-25-12-9-11-23(33(25)38-29(24)21-26)16-19-30-34(3,4)32-27-13-8-7-10-22(27)15-18-28(32)35(30)6-2/h5,8,13-21H,1,6-7,9-12H2,2-4H3/q+1/b19-16+. The molecule has 4 aliphatic rings. The second kappa shape index (κ2) is 9.43. The molecule has 2 aliphatic carbocycles. The summed E-state index contributed by atoms with van der Waals surface area (Å²) in [7, 11) is 0. The predicted octanol–water partition coefficient (Wildman–Crippen LogP) is 7.60. The van der Waals surface area contributed by atoms with Crippen molar-refractivity contribution in [3.05, 3.63) is 100 Å². The number of benzene rings is 2. The highest BCUT2D eigenvalue weighted by Gasteiger charge is 2.46. The molecule has 2 aromatic carbocycles. The number of ether oxygens (including phenoxy) is 2. The molecule has 38 heavy (non-hydrogen) atoms. The lowest BCUT2D eigenvalue weighted by Gasteiger charge is -2.27. The molecule has 2 aromatic rings. The van der Waals surface area contributed by atoms with Gasteiger partial charge in [-0.3, -0.25) is 0 Å². The molecule has 4 heteroatoms. The van der Waals surface area contributed by atoms with Gasteiger partial charge in [-0.1, -0.05) is 24.8 Å². The topological polar surface area (TPSA) is 38.5 Å². The van der Waals surface area contributed by atoms with Gasteiger partial charge in [0.2, 0.25) is 5.69 Å². The highest BCUT2D eigenvalue weighted by Crippen LogP contribution is 2.45. The van der Waals surface area contributed by atoms with Crippen molar-refractivity contribution in [3.8, 4) is 11.5 Å². The Morgan fingerprint density at radius 1 is 1.16 bits per heavy atom. The van der Waals surface area contributed by atoms with Gasteiger partial charge >= 0.3 is 5.97 Å². The van der Waals surface area contributed by atoms with Gasteiger partial charge in [-0.05, 0) is 99.4 Å². The summed E-state index contributed by atoms with van der Waals surface area (Å²) >= 11 is 0. The van der Waals surface area contributed by atoms with E-state index in [4.69, 9.17) is 9.47 Å². The molecule has 6 rings (SSSR count). The van der Waals surface area contributed by atoms with Gasteiger partial charge in [0.1, 0.15) is 23.8 Å². The third-order valence-electron chi connectivity index (χ3n) is 8.17. The van der Waals surface area contributed by atoms with Crippen LogP contribution in [0.5, 0.6) is 11.5 Å². The van der Waals surface area contributed by atoms with Crippen molar-refractivity contribution in [2.24, 2.45) is 0 Å². The van der Waals surface area contributed by atoms with Crippen LogP contribution in [0.15, 0.2) is 78.1 Å². The Morgan fingerprint density at radius 3 is 2.84 bits per heavy atom. The molecule has 192 valence electrons. The minimum absolute atomic E-state index is 0.0998. The van der Waals surface area contributed by atoms with Gasteiger partial charge in [0, 0.05) is 35.4 Å². The Hall–Kier alpha value is -3.92. The van der Waals surface area contributed by atoms with Crippen molar-refractivity contribution in [2.75, 3.05) is 6.54 Å². The van der Waals surface area contributed by atoms with Crippen LogP contribution in [0.4, 0.5) is 5.69 Å². The van der Waals surface area contributed by atoms with E-state index < -0.39 is 5.97 Å². The molecule has 0 saturated heterocycles. The number of fused-ring (bicyclic) bond motifs is 5. The van der Waals surface area contributed by atoms with Gasteiger partial charge in [-0.2, -0.15) is 4.58 Å². The monoisotopic (exact) mass is 504 g/mol. The molecule has 0 radical (unpaired) electrons. The summed E-state index contributed by atoms with van der Waals surface area (Å²) in [6, 6.07) is 10.2. The van der Waals surface area contributed by atoms with E-state index in [1.165, 1.54) is 39.2 Å². The van der Waals surface area contributed by atoms with Crippen LogP contribution in [0.2, 0.25) is 0 Å². The molecule has 0 N–H and O–H groups in total. The molecule has 0 amide bonds. The van der Waals surface area contributed by atoms with Gasteiger partial charge in [0.25, 0.3) is 0 Å². The average molecular weight is 505 g/mol. The maximum Gasteiger partial charge on any atom is 0.335 e. The SMILES string of the molecule is C=CC(=O)Oc1ccc2c(c1)OC1=C(/C=C/C3=[N+](CC)c4ccc5c(c4C3(C)C)C=CCC5)CCCC1=C2. The zero-order valence-electron chi connectivity index (χ0n) is 22.5. The van der Waals surface area contributed by atoms with Crippen LogP contribution in [0.25, 0.3) is 12.2 Å². The fourth-order valence-corrected chi connectivity index (χ4v) is 6.37. The highest BCUT2D eigenvalue weighted by molar-refractivity contribution is 6.04. The Bertz CT molecular complexity index is 1530. The van der Waals surface area contributed by atoms with E-state index in [0.29, 0.717) is 11.5 Å². The fourth-order valence-electron chi connectivity index (χ4n) is 6.37. The number of nitrogens with zero attached hydrogens (tertiary/aromatic N) is 1. The molecule has 0 atom stereocenters. The number of carbonyl (C=O) groups is 1. The minimum atomic E-state index is -0.480. The predicted molar refractivity (Wildman–Crippen MR) is 153 cm³/mol. The summed E-state index contributed by atoms with van der Waals surface area (Å²) < 4.78 is 14.3. The van der Waals surface area contributed by atoms with Crippen molar-refractivity contribution < 1.29 is 18.8 Å². The van der Waals surface area contributed by atoms with Gasteiger partial charge < -0.3 is 9.47 Å². The third-order valence-corrected chi connectivity index (χ3v) is 8.17. The van der Waals surface area contributed by atoms with E-state index in [1.807, 2.05) is 6.07 Å². The summed E-state index contributed by atoms with van der Waals surface area (Å²) in [5, 5.41) is 0. The summed E-state index contributed by atoms with van der Waals surface area (Å²) in [4.78, 5) is 11.7. The maximum atomic E-state index is 11.7. The van der Waals surface area contributed by atoms with Crippen LogP contribution < -0.4 is 9.47 Å². The summed E-state index contributed by atoms with van der Waals surface area (Å²) in [5.74, 6) is 1.62. The Balaban J connectivity index is 1.37. The van der Waals surface area contributed by atoms with Crippen LogP contribution in [0, 0.1) is 0 Å². The van der Waals surface area contributed by atoms with Crippen molar-refractivity contribution in [3.63, 3.8) is 0 Å². The van der Waals surface area contributed by atoms with E-state index in [2.05, 4.69) is 74.4 Å². The first-order valence-electron chi connectivity index (χ1n) is 13.7. The number of hydrogen-bond donors (Lipinski definition) is 0. The largest absolute Gasteiger partial charge is 0.456 e. The van der Waals surface area contributed by atoms with Crippen molar-refractivity contribution in [2.45, 2.75) is 58.3 Å². The molecule has 0 spiro atoms. The first kappa shape index (κ1) is 24.4. The van der Waals surface area contributed by atoms with Crippen LogP contribution in [0.3, 0.4) is 0 Å². The second-order valence-corrected chi connectivity index (χ2v) is 10.9. The second-order valence-electron chi connectivity index (χ2n) is 10.9. The first-order chi connectivity index (χ1) is 18.4. The molecular weight excluding hydrogens is 470 g/mol. The molecule has 0 saturated carbocycles. The molecule has 0 fully saturated rings. The minimum Gasteiger partial charge on any atom is -0.456 e. The Kier molecular flexibility index (Phi) is 6.06. The fraction of sp³-hybridized carbons (Fsp3) is 0.294. The number of rotatable bonds is 5. The maximum absolute atomic E-state index is 11.7. The number of allylic oxidation sites excluding steroid dienone is 5. The summed E-state index contributed by atoms with van der Waals surface area (Å²) in [6.45, 7) is 11.3. The number of hydrogen-bond acceptors (Lipinski definition) is 3. The molecule has 2 heterocycles. The first-order valence-corrected chi connectivity index (χ1v) is 13.7. The number of esters is 1. The molecule has 0 aromatic heterocycles. The lowest BCUT2D eigenvalue weighted by atomic mass is 9.76. The summed E-state index contributed by atoms with van der Waals surface area (Å²) in [5.41, 5.74) is 10.3. The molecule has 0 bridgehead atoms. The third kappa shape index (κ3) is 3.99. The van der Waals surface area contributed by atoms with Gasteiger partial charge in [-0.15, -0.1) is 0 Å². The zero-order chi connectivity index (χ0) is 26.4. The van der Waals surface area contributed by atoms with E-state index >= 15 is 0 Å². The lowest BCUT2D eigenvalue weighted by molar-refractivity contribution is -0.433. The van der Waals surface area contributed by atoms with Gasteiger partial charge in [0.15, 0.2) is 5.71 Å². The average Bonchev–Trinajstić information content (AvgIpc) is 3.16. The molecule has 4 nitrogen and oxygen atoms in total. The quantitative estimate of drug-likeness (QED) is 0.182. The molecule has 2 aliphatic heterocycles. The molecule has 0 unspecified atom stereocenters. The van der Waals surface area contributed by atoms with Crippen LogP contribution >= 0.6 is 0 Å². The Labute approximate surface area is 225 Å². The normalized spacial score (nSPS) is 18.9. The molecular formula is C34H34NO3+. The van der Waals surface area contributed by atoms with E-state index in [1.54, 1.807) is 12.1 Å². The summed E-state index contributed by atoms with van der Waals surface area (Å²) in [6.07, 6.45) is 17.9. The van der Waals surface area contributed by atoms with Crippen LogP contribution in [-0.2, 0) is 16.6 Å². The van der Waals surface area contributed by atoms with Gasteiger partial charge in [-0.25, -0.2) is 4.79 Å².